The average Bonchev–Trinajstić information content (AvgIpc) is 3.06. The number of hydrogen-bond acceptors (Lipinski definition) is 3. The molecule has 0 radical (unpaired) electrons. The van der Waals surface area contributed by atoms with E-state index in [0.717, 1.165) is 18.7 Å². The molecule has 2 aromatic rings. The Hall–Kier alpha value is -1.32. The molecule has 1 aliphatic rings. The maximum atomic E-state index is 5.69. The number of ether oxygens (including phenoxy) is 1. The SMILES string of the molecule is CC(NCc1coc2ccccc12)C1CCCO1. The van der Waals surface area contributed by atoms with Gasteiger partial charge in [0.15, 0.2) is 0 Å². The van der Waals surface area contributed by atoms with Gasteiger partial charge in [-0.3, -0.25) is 0 Å². The fourth-order valence-electron chi connectivity index (χ4n) is 2.57. The number of para-hydroxylation sites is 1. The molecule has 2 atom stereocenters. The Morgan fingerprint density at radius 2 is 2.28 bits per heavy atom. The van der Waals surface area contributed by atoms with E-state index in [1.165, 1.54) is 23.8 Å². The van der Waals surface area contributed by atoms with E-state index in [9.17, 15) is 0 Å². The number of benzene rings is 1. The minimum Gasteiger partial charge on any atom is -0.464 e. The van der Waals surface area contributed by atoms with Gasteiger partial charge in [-0.25, -0.2) is 0 Å². The van der Waals surface area contributed by atoms with E-state index in [1.807, 2.05) is 24.5 Å². The summed E-state index contributed by atoms with van der Waals surface area (Å²) in [5.74, 6) is 0. The van der Waals surface area contributed by atoms with Gasteiger partial charge < -0.3 is 14.5 Å². The number of rotatable bonds is 4. The molecule has 1 aliphatic heterocycles. The summed E-state index contributed by atoms with van der Waals surface area (Å²) in [6.07, 6.45) is 4.56. The van der Waals surface area contributed by atoms with Crippen LogP contribution in [0.4, 0.5) is 0 Å². The number of furan rings is 1. The summed E-state index contributed by atoms with van der Waals surface area (Å²) in [7, 11) is 0. The monoisotopic (exact) mass is 245 g/mol. The summed E-state index contributed by atoms with van der Waals surface area (Å²) in [5, 5.41) is 4.73. The molecule has 1 fully saturated rings. The van der Waals surface area contributed by atoms with Crippen LogP contribution in [0, 0.1) is 0 Å². The van der Waals surface area contributed by atoms with Crippen LogP contribution in [-0.2, 0) is 11.3 Å². The lowest BCUT2D eigenvalue weighted by Crippen LogP contribution is -2.36. The summed E-state index contributed by atoms with van der Waals surface area (Å²) >= 11 is 0. The molecule has 96 valence electrons. The molecule has 3 heteroatoms. The first-order chi connectivity index (χ1) is 8.84. The molecular weight excluding hydrogens is 226 g/mol. The number of nitrogens with one attached hydrogen (secondary N) is 1. The fraction of sp³-hybridized carbons (Fsp3) is 0.467. The summed E-state index contributed by atoms with van der Waals surface area (Å²) in [5.41, 5.74) is 2.18. The fourth-order valence-corrected chi connectivity index (χ4v) is 2.57. The van der Waals surface area contributed by atoms with Crippen molar-refractivity contribution >= 4 is 11.0 Å². The molecule has 3 rings (SSSR count). The van der Waals surface area contributed by atoms with Gasteiger partial charge in [0.25, 0.3) is 0 Å². The lowest BCUT2D eigenvalue weighted by molar-refractivity contribution is 0.0832. The Morgan fingerprint density at radius 1 is 1.39 bits per heavy atom. The maximum Gasteiger partial charge on any atom is 0.134 e. The van der Waals surface area contributed by atoms with Gasteiger partial charge in [-0.15, -0.1) is 0 Å². The van der Waals surface area contributed by atoms with Gasteiger partial charge in [-0.1, -0.05) is 18.2 Å². The van der Waals surface area contributed by atoms with Crippen molar-refractivity contribution in [1.29, 1.82) is 0 Å². The molecule has 18 heavy (non-hydrogen) atoms. The first-order valence-electron chi connectivity index (χ1n) is 6.64. The zero-order valence-electron chi connectivity index (χ0n) is 10.7. The maximum absolute atomic E-state index is 5.69. The van der Waals surface area contributed by atoms with Gasteiger partial charge in [0.1, 0.15) is 5.58 Å². The zero-order valence-corrected chi connectivity index (χ0v) is 10.7. The van der Waals surface area contributed by atoms with Crippen LogP contribution in [0.2, 0.25) is 0 Å². The quantitative estimate of drug-likeness (QED) is 0.898. The van der Waals surface area contributed by atoms with Crippen LogP contribution in [-0.4, -0.2) is 18.8 Å². The van der Waals surface area contributed by atoms with E-state index in [2.05, 4.69) is 18.3 Å². The zero-order chi connectivity index (χ0) is 12.4. The van der Waals surface area contributed by atoms with Gasteiger partial charge in [-0.05, 0) is 25.8 Å². The second-order valence-corrected chi connectivity index (χ2v) is 4.98. The Kier molecular flexibility index (Phi) is 3.35. The molecule has 0 aliphatic carbocycles. The molecule has 3 nitrogen and oxygen atoms in total. The molecule has 1 N–H and O–H groups in total. The van der Waals surface area contributed by atoms with Gasteiger partial charge in [0, 0.05) is 30.1 Å². The molecule has 2 heterocycles. The van der Waals surface area contributed by atoms with E-state index in [1.54, 1.807) is 0 Å². The van der Waals surface area contributed by atoms with Crippen LogP contribution in [0.25, 0.3) is 11.0 Å². The summed E-state index contributed by atoms with van der Waals surface area (Å²) in [6, 6.07) is 8.54. The third-order valence-electron chi connectivity index (χ3n) is 3.70. The highest BCUT2D eigenvalue weighted by atomic mass is 16.5. The lowest BCUT2D eigenvalue weighted by atomic mass is 10.1. The van der Waals surface area contributed by atoms with Crippen LogP contribution >= 0.6 is 0 Å². The smallest absolute Gasteiger partial charge is 0.134 e. The molecule has 1 aromatic heterocycles. The highest BCUT2D eigenvalue weighted by Crippen LogP contribution is 2.21. The Labute approximate surface area is 107 Å². The predicted molar refractivity (Wildman–Crippen MR) is 71.5 cm³/mol. The van der Waals surface area contributed by atoms with Crippen molar-refractivity contribution in [3.05, 3.63) is 36.1 Å². The first-order valence-corrected chi connectivity index (χ1v) is 6.64. The minimum absolute atomic E-state index is 0.364. The molecule has 0 amide bonds. The van der Waals surface area contributed by atoms with E-state index >= 15 is 0 Å². The molecule has 2 unspecified atom stereocenters. The van der Waals surface area contributed by atoms with Crippen LogP contribution < -0.4 is 5.32 Å². The van der Waals surface area contributed by atoms with Crippen molar-refractivity contribution in [3.8, 4) is 0 Å². The standard InChI is InChI=1S/C15H19NO2/c1-11(14-7-4-8-17-14)16-9-12-10-18-15-6-3-2-5-13(12)15/h2-3,5-6,10-11,14,16H,4,7-9H2,1H3. The average molecular weight is 245 g/mol. The van der Waals surface area contributed by atoms with Gasteiger partial charge in [0.05, 0.1) is 12.4 Å². The Bertz CT molecular complexity index is 514. The van der Waals surface area contributed by atoms with Crippen molar-refractivity contribution in [1.82, 2.24) is 5.32 Å². The summed E-state index contributed by atoms with van der Waals surface area (Å²) in [4.78, 5) is 0. The van der Waals surface area contributed by atoms with Crippen LogP contribution in [0.5, 0.6) is 0 Å². The van der Waals surface area contributed by atoms with E-state index in [4.69, 9.17) is 9.15 Å². The molecule has 1 aromatic carbocycles. The Balaban J connectivity index is 1.65. The largest absolute Gasteiger partial charge is 0.464 e. The molecular formula is C15H19NO2. The number of hydrogen-bond donors (Lipinski definition) is 1. The minimum atomic E-state index is 0.364. The van der Waals surface area contributed by atoms with E-state index in [-0.39, 0.29) is 0 Å². The van der Waals surface area contributed by atoms with Crippen molar-refractivity contribution in [3.63, 3.8) is 0 Å². The molecule has 0 spiro atoms. The summed E-state index contributed by atoms with van der Waals surface area (Å²) in [6.45, 7) is 3.93. The molecule has 0 saturated carbocycles. The third kappa shape index (κ3) is 2.28. The second kappa shape index (κ2) is 5.12. The third-order valence-corrected chi connectivity index (χ3v) is 3.70. The van der Waals surface area contributed by atoms with Crippen LogP contribution in [0.3, 0.4) is 0 Å². The van der Waals surface area contributed by atoms with Gasteiger partial charge >= 0.3 is 0 Å². The van der Waals surface area contributed by atoms with Crippen molar-refractivity contribution < 1.29 is 9.15 Å². The molecule has 1 saturated heterocycles. The van der Waals surface area contributed by atoms with Crippen molar-refractivity contribution in [2.24, 2.45) is 0 Å². The van der Waals surface area contributed by atoms with Crippen molar-refractivity contribution in [2.75, 3.05) is 6.61 Å². The first kappa shape index (κ1) is 11.8. The van der Waals surface area contributed by atoms with E-state index in [0.29, 0.717) is 12.1 Å². The normalized spacial score (nSPS) is 21.5. The summed E-state index contributed by atoms with van der Waals surface area (Å²) < 4.78 is 11.2. The second-order valence-electron chi connectivity index (χ2n) is 4.98. The van der Waals surface area contributed by atoms with Crippen LogP contribution in [0.15, 0.2) is 34.9 Å². The lowest BCUT2D eigenvalue weighted by Gasteiger charge is -2.19. The molecule has 0 bridgehead atoms. The number of fused-ring (bicyclic) bond motifs is 1. The Morgan fingerprint density at radius 3 is 3.11 bits per heavy atom. The topological polar surface area (TPSA) is 34.4 Å². The van der Waals surface area contributed by atoms with Gasteiger partial charge in [0.2, 0.25) is 0 Å². The van der Waals surface area contributed by atoms with Gasteiger partial charge in [-0.2, -0.15) is 0 Å². The predicted octanol–water partition coefficient (Wildman–Crippen LogP) is 3.09. The van der Waals surface area contributed by atoms with E-state index < -0.39 is 0 Å². The van der Waals surface area contributed by atoms with Crippen LogP contribution in [0.1, 0.15) is 25.3 Å². The highest BCUT2D eigenvalue weighted by Gasteiger charge is 2.22. The van der Waals surface area contributed by atoms with Crippen molar-refractivity contribution in [2.45, 2.75) is 38.5 Å². The highest BCUT2D eigenvalue weighted by molar-refractivity contribution is 5.80.